The number of halogens is 1. The minimum atomic E-state index is -0.399. The molecule has 29 heavy (non-hydrogen) atoms. The highest BCUT2D eigenvalue weighted by atomic mass is 79.9. The van der Waals surface area contributed by atoms with Gasteiger partial charge in [-0.3, -0.25) is 0 Å². The van der Waals surface area contributed by atoms with Crippen LogP contribution in [0.2, 0.25) is 0 Å². The van der Waals surface area contributed by atoms with Crippen molar-refractivity contribution < 1.29 is 9.31 Å². The van der Waals surface area contributed by atoms with Crippen LogP contribution in [0.5, 0.6) is 0 Å². The summed E-state index contributed by atoms with van der Waals surface area (Å²) in [7, 11) is -0.399. The summed E-state index contributed by atoms with van der Waals surface area (Å²) in [4.78, 5) is 0. The highest BCUT2D eigenvalue weighted by molar-refractivity contribution is 9.10. The molecule has 146 valence electrons. The first-order valence-corrected chi connectivity index (χ1v) is 10.7. The minimum Gasteiger partial charge on any atom is -0.399 e. The highest BCUT2D eigenvalue weighted by Crippen LogP contribution is 2.37. The van der Waals surface area contributed by atoms with Crippen LogP contribution >= 0.6 is 15.9 Å². The summed E-state index contributed by atoms with van der Waals surface area (Å²) >= 11 is 3.71. The predicted molar refractivity (Wildman–Crippen MR) is 124 cm³/mol. The van der Waals surface area contributed by atoms with Gasteiger partial charge in [0.05, 0.1) is 22.2 Å². The Hall–Kier alpha value is -2.08. The molecule has 3 nitrogen and oxygen atoms in total. The van der Waals surface area contributed by atoms with Crippen LogP contribution in [-0.4, -0.2) is 22.9 Å². The molecule has 4 aromatic rings. The third-order valence-electron chi connectivity index (χ3n) is 6.27. The molecule has 0 radical (unpaired) electrons. The van der Waals surface area contributed by atoms with Gasteiger partial charge in [-0.05, 0) is 63.5 Å². The molecular formula is C24H23BBrNO2. The molecule has 0 amide bonds. The molecular weight excluding hydrogens is 425 g/mol. The van der Waals surface area contributed by atoms with Gasteiger partial charge in [0.1, 0.15) is 0 Å². The van der Waals surface area contributed by atoms with E-state index in [-0.39, 0.29) is 11.2 Å². The van der Waals surface area contributed by atoms with Gasteiger partial charge < -0.3 is 13.9 Å². The van der Waals surface area contributed by atoms with Gasteiger partial charge >= 0.3 is 7.12 Å². The van der Waals surface area contributed by atoms with Crippen molar-refractivity contribution in [1.82, 2.24) is 4.57 Å². The van der Waals surface area contributed by atoms with E-state index in [9.17, 15) is 0 Å². The molecule has 1 fully saturated rings. The number of fused-ring (bicyclic) bond motifs is 3. The van der Waals surface area contributed by atoms with Crippen LogP contribution in [0.25, 0.3) is 27.5 Å². The van der Waals surface area contributed by atoms with E-state index in [4.69, 9.17) is 9.31 Å². The molecule has 0 unspecified atom stereocenters. The van der Waals surface area contributed by atoms with Gasteiger partial charge in [-0.1, -0.05) is 52.3 Å². The Morgan fingerprint density at radius 1 is 0.759 bits per heavy atom. The number of hydrogen-bond donors (Lipinski definition) is 0. The SMILES string of the molecule is CC1(C)OB(c2cc(Br)cc(-n3c4ccccc4c4ccccc43)c2)OC1(C)C. The zero-order valence-corrected chi connectivity index (χ0v) is 18.7. The van der Waals surface area contributed by atoms with Crippen LogP contribution in [0.15, 0.2) is 71.2 Å². The number of rotatable bonds is 2. The zero-order valence-electron chi connectivity index (χ0n) is 17.1. The fourth-order valence-electron chi connectivity index (χ4n) is 4.04. The van der Waals surface area contributed by atoms with E-state index in [2.05, 4.69) is 115 Å². The second-order valence-electron chi connectivity index (χ2n) is 8.70. The molecule has 0 bridgehead atoms. The van der Waals surface area contributed by atoms with Crippen molar-refractivity contribution >= 4 is 50.3 Å². The fraction of sp³-hybridized carbons (Fsp3) is 0.250. The van der Waals surface area contributed by atoms with Crippen molar-refractivity contribution in [3.63, 3.8) is 0 Å². The Morgan fingerprint density at radius 2 is 1.28 bits per heavy atom. The van der Waals surface area contributed by atoms with E-state index in [1.165, 1.54) is 21.8 Å². The monoisotopic (exact) mass is 447 g/mol. The first kappa shape index (κ1) is 18.9. The Morgan fingerprint density at radius 3 is 1.83 bits per heavy atom. The highest BCUT2D eigenvalue weighted by Gasteiger charge is 2.51. The molecule has 5 heteroatoms. The quantitative estimate of drug-likeness (QED) is 0.360. The molecule has 0 atom stereocenters. The van der Waals surface area contributed by atoms with E-state index < -0.39 is 7.12 Å². The van der Waals surface area contributed by atoms with E-state index in [0.717, 1.165) is 15.6 Å². The maximum absolute atomic E-state index is 6.30. The van der Waals surface area contributed by atoms with Crippen molar-refractivity contribution in [3.8, 4) is 5.69 Å². The van der Waals surface area contributed by atoms with Crippen molar-refractivity contribution in [2.24, 2.45) is 0 Å². The molecule has 1 aromatic heterocycles. The van der Waals surface area contributed by atoms with E-state index in [1.54, 1.807) is 0 Å². The summed E-state index contributed by atoms with van der Waals surface area (Å²) in [6.45, 7) is 8.33. The molecule has 5 rings (SSSR count). The lowest BCUT2D eigenvalue weighted by Crippen LogP contribution is -2.41. The Bertz CT molecular complexity index is 1180. The summed E-state index contributed by atoms with van der Waals surface area (Å²) in [5, 5.41) is 2.50. The van der Waals surface area contributed by atoms with E-state index in [1.807, 2.05) is 0 Å². The summed E-state index contributed by atoms with van der Waals surface area (Å²) < 4.78 is 15.9. The van der Waals surface area contributed by atoms with Gasteiger partial charge in [-0.15, -0.1) is 0 Å². The van der Waals surface area contributed by atoms with Gasteiger partial charge in [0.2, 0.25) is 0 Å². The van der Waals surface area contributed by atoms with Crippen LogP contribution in [0.4, 0.5) is 0 Å². The van der Waals surface area contributed by atoms with Gasteiger partial charge in [0.15, 0.2) is 0 Å². The molecule has 0 N–H and O–H groups in total. The number of nitrogens with zero attached hydrogens (tertiary/aromatic N) is 1. The standard InChI is InChI=1S/C24H23BBrNO2/c1-23(2)24(3,4)29-25(28-23)16-13-17(26)15-18(14-16)27-21-11-7-5-9-19(21)20-10-6-8-12-22(20)27/h5-15H,1-4H3. The third-order valence-corrected chi connectivity index (χ3v) is 6.73. The van der Waals surface area contributed by atoms with Crippen LogP contribution in [0.1, 0.15) is 27.7 Å². The predicted octanol–water partition coefficient (Wildman–Crippen LogP) is 5.85. The number of para-hydroxylation sites is 2. The molecule has 2 heterocycles. The number of aromatic nitrogens is 1. The van der Waals surface area contributed by atoms with Gasteiger partial charge in [0.25, 0.3) is 0 Å². The van der Waals surface area contributed by atoms with Crippen LogP contribution in [-0.2, 0) is 9.31 Å². The maximum atomic E-state index is 6.30. The largest absolute Gasteiger partial charge is 0.494 e. The second-order valence-corrected chi connectivity index (χ2v) is 9.62. The molecule has 1 aliphatic rings. The average molecular weight is 448 g/mol. The van der Waals surface area contributed by atoms with Gasteiger partial charge in [0, 0.05) is 20.9 Å². The van der Waals surface area contributed by atoms with E-state index >= 15 is 0 Å². The normalized spacial score (nSPS) is 18.0. The molecule has 1 saturated heterocycles. The Balaban J connectivity index is 1.71. The topological polar surface area (TPSA) is 23.4 Å². The van der Waals surface area contributed by atoms with Crippen molar-refractivity contribution in [2.75, 3.05) is 0 Å². The fourth-order valence-corrected chi connectivity index (χ4v) is 4.54. The van der Waals surface area contributed by atoms with Crippen LogP contribution in [0, 0.1) is 0 Å². The minimum absolute atomic E-state index is 0.368. The maximum Gasteiger partial charge on any atom is 0.494 e. The van der Waals surface area contributed by atoms with Gasteiger partial charge in [-0.2, -0.15) is 0 Å². The van der Waals surface area contributed by atoms with E-state index in [0.29, 0.717) is 0 Å². The van der Waals surface area contributed by atoms with Gasteiger partial charge in [-0.25, -0.2) is 0 Å². The molecule has 1 aliphatic heterocycles. The van der Waals surface area contributed by atoms with Crippen molar-refractivity contribution in [3.05, 3.63) is 71.2 Å². The lowest BCUT2D eigenvalue weighted by Gasteiger charge is -2.32. The summed E-state index contributed by atoms with van der Waals surface area (Å²) in [5.41, 5.74) is 3.73. The molecule has 0 spiro atoms. The zero-order chi connectivity index (χ0) is 20.4. The smallest absolute Gasteiger partial charge is 0.399 e. The lowest BCUT2D eigenvalue weighted by atomic mass is 9.79. The summed E-state index contributed by atoms with van der Waals surface area (Å²) in [5.74, 6) is 0. The Labute approximate surface area is 179 Å². The van der Waals surface area contributed by atoms with Crippen molar-refractivity contribution in [2.45, 2.75) is 38.9 Å². The second kappa shape index (κ2) is 6.46. The third kappa shape index (κ3) is 2.95. The Kier molecular flexibility index (Phi) is 4.22. The first-order chi connectivity index (χ1) is 13.8. The number of hydrogen-bond acceptors (Lipinski definition) is 2. The lowest BCUT2D eigenvalue weighted by molar-refractivity contribution is 0.00578. The number of benzene rings is 3. The molecule has 0 saturated carbocycles. The molecule has 0 aliphatic carbocycles. The first-order valence-electron chi connectivity index (χ1n) is 9.91. The molecule has 3 aromatic carbocycles. The van der Waals surface area contributed by atoms with Crippen LogP contribution < -0.4 is 5.46 Å². The summed E-state index contributed by atoms with van der Waals surface area (Å²) in [6.07, 6.45) is 0. The van der Waals surface area contributed by atoms with Crippen LogP contribution in [0.3, 0.4) is 0 Å². The van der Waals surface area contributed by atoms with Crippen molar-refractivity contribution in [1.29, 1.82) is 0 Å². The summed E-state index contributed by atoms with van der Waals surface area (Å²) in [6, 6.07) is 23.5. The average Bonchev–Trinajstić information content (AvgIpc) is 3.12.